The number of rotatable bonds is 5. The first kappa shape index (κ1) is 33.2. The molecular formula is C55H33N3O. The molecule has 0 aliphatic rings. The molecule has 0 saturated carbocycles. The number of aromatic nitrogens is 3. The van der Waals surface area contributed by atoms with E-state index in [-0.39, 0.29) is 0 Å². The van der Waals surface area contributed by atoms with Gasteiger partial charge >= 0.3 is 0 Å². The summed E-state index contributed by atoms with van der Waals surface area (Å²) in [5.41, 5.74) is 8.70. The predicted octanol–water partition coefficient (Wildman–Crippen LogP) is 14.7. The Labute approximate surface area is 339 Å². The van der Waals surface area contributed by atoms with Gasteiger partial charge in [0.1, 0.15) is 11.2 Å². The molecule has 4 nitrogen and oxygen atoms in total. The van der Waals surface area contributed by atoms with Crippen molar-refractivity contribution in [3.63, 3.8) is 0 Å². The maximum absolute atomic E-state index is 6.86. The zero-order valence-corrected chi connectivity index (χ0v) is 31.8. The number of furan rings is 1. The van der Waals surface area contributed by atoms with E-state index in [4.69, 9.17) is 19.4 Å². The van der Waals surface area contributed by atoms with Gasteiger partial charge in [0.25, 0.3) is 0 Å². The Morgan fingerprint density at radius 3 is 1.32 bits per heavy atom. The third kappa shape index (κ3) is 5.73. The molecular weight excluding hydrogens is 719 g/mol. The molecule has 0 bridgehead atoms. The van der Waals surface area contributed by atoms with E-state index < -0.39 is 0 Å². The van der Waals surface area contributed by atoms with Gasteiger partial charge in [-0.1, -0.05) is 164 Å². The minimum absolute atomic E-state index is 0.550. The molecule has 0 aliphatic heterocycles. The van der Waals surface area contributed by atoms with Gasteiger partial charge in [0.15, 0.2) is 17.5 Å². The van der Waals surface area contributed by atoms with Crippen LogP contribution in [0.15, 0.2) is 205 Å². The summed E-state index contributed by atoms with van der Waals surface area (Å²) >= 11 is 0. The first-order valence-electron chi connectivity index (χ1n) is 19.9. The molecule has 10 aromatic carbocycles. The highest BCUT2D eigenvalue weighted by molar-refractivity contribution is 6.21. The SMILES string of the molecule is c1ccc2cc(-c3ccc(-c4cc(-c5nc(-c6ccc7ccccc7c6)nc(-c6ccc7ccccc7c6)n5)c5oc6ccc7ccccc7c6c5c4)cc3)ccc2c1. The highest BCUT2D eigenvalue weighted by Gasteiger charge is 2.21. The number of benzene rings is 10. The zero-order chi connectivity index (χ0) is 38.9. The summed E-state index contributed by atoms with van der Waals surface area (Å²) in [5, 5.41) is 11.4. The Kier molecular flexibility index (Phi) is 7.50. The normalized spacial score (nSPS) is 11.7. The Morgan fingerprint density at radius 2 is 0.729 bits per heavy atom. The lowest BCUT2D eigenvalue weighted by Gasteiger charge is -2.12. The van der Waals surface area contributed by atoms with Crippen LogP contribution in [-0.4, -0.2) is 15.0 Å². The van der Waals surface area contributed by atoms with Crippen molar-refractivity contribution >= 4 is 65.0 Å². The lowest BCUT2D eigenvalue weighted by atomic mass is 9.95. The largest absolute Gasteiger partial charge is 0.455 e. The van der Waals surface area contributed by atoms with Gasteiger partial charge in [-0.3, -0.25) is 0 Å². The summed E-state index contributed by atoms with van der Waals surface area (Å²) in [5.74, 6) is 1.75. The average Bonchev–Trinajstić information content (AvgIpc) is 3.70. The molecule has 0 radical (unpaired) electrons. The van der Waals surface area contributed by atoms with Crippen LogP contribution in [0.4, 0.5) is 0 Å². The molecule has 0 N–H and O–H groups in total. The van der Waals surface area contributed by atoms with E-state index in [1.807, 2.05) is 0 Å². The van der Waals surface area contributed by atoms with Gasteiger partial charge in [0, 0.05) is 21.9 Å². The molecule has 0 fully saturated rings. The molecule has 0 amide bonds. The van der Waals surface area contributed by atoms with Crippen LogP contribution in [0, 0.1) is 0 Å². The van der Waals surface area contributed by atoms with Gasteiger partial charge in [-0.2, -0.15) is 0 Å². The van der Waals surface area contributed by atoms with Gasteiger partial charge in [0.05, 0.1) is 5.56 Å². The average molecular weight is 752 g/mol. The van der Waals surface area contributed by atoms with Crippen LogP contribution in [0.2, 0.25) is 0 Å². The van der Waals surface area contributed by atoms with E-state index in [2.05, 4.69) is 200 Å². The van der Waals surface area contributed by atoms with E-state index in [9.17, 15) is 0 Å². The Morgan fingerprint density at radius 1 is 0.288 bits per heavy atom. The number of hydrogen-bond donors (Lipinski definition) is 0. The topological polar surface area (TPSA) is 51.8 Å². The third-order valence-electron chi connectivity index (χ3n) is 11.7. The summed E-state index contributed by atoms with van der Waals surface area (Å²) in [6.07, 6.45) is 0. The van der Waals surface area contributed by atoms with Crippen molar-refractivity contribution in [1.82, 2.24) is 15.0 Å². The predicted molar refractivity (Wildman–Crippen MR) is 244 cm³/mol. The van der Waals surface area contributed by atoms with Crippen LogP contribution in [0.3, 0.4) is 0 Å². The molecule has 0 saturated heterocycles. The molecule has 12 rings (SSSR count). The molecule has 0 spiro atoms. The Balaban J connectivity index is 1.09. The van der Waals surface area contributed by atoms with Crippen molar-refractivity contribution in [2.24, 2.45) is 0 Å². The van der Waals surface area contributed by atoms with E-state index in [0.717, 1.165) is 87.6 Å². The molecule has 4 heteroatoms. The van der Waals surface area contributed by atoms with Crippen LogP contribution in [0.1, 0.15) is 0 Å². The molecule has 59 heavy (non-hydrogen) atoms. The van der Waals surface area contributed by atoms with Crippen LogP contribution >= 0.6 is 0 Å². The van der Waals surface area contributed by atoms with Gasteiger partial charge in [0.2, 0.25) is 0 Å². The molecule has 0 unspecified atom stereocenters. The van der Waals surface area contributed by atoms with E-state index in [1.54, 1.807) is 0 Å². The maximum Gasteiger partial charge on any atom is 0.167 e. The van der Waals surface area contributed by atoms with Gasteiger partial charge in [-0.25, -0.2) is 15.0 Å². The van der Waals surface area contributed by atoms with E-state index in [1.165, 1.54) is 16.3 Å². The van der Waals surface area contributed by atoms with Crippen molar-refractivity contribution in [3.8, 4) is 56.4 Å². The fourth-order valence-corrected chi connectivity index (χ4v) is 8.62. The van der Waals surface area contributed by atoms with E-state index >= 15 is 0 Å². The standard InChI is InChI=1S/C55H33N3O/c1-4-13-40-29-43(24-21-34(40)9-1)37-17-19-38(20-18-37)46-32-48-51-47-16-8-7-12-39(47)27-28-50(51)59-52(48)49(33-46)55-57-53(44-25-22-35-10-2-5-14-41(35)30-44)56-54(58-55)45-26-23-36-11-3-6-15-42(36)31-45/h1-33H. The quantitative estimate of drug-likeness (QED) is 0.176. The van der Waals surface area contributed by atoms with Gasteiger partial charge in [-0.15, -0.1) is 0 Å². The molecule has 0 aliphatic carbocycles. The van der Waals surface area contributed by atoms with E-state index in [0.29, 0.717) is 17.5 Å². The molecule has 0 atom stereocenters. The minimum atomic E-state index is 0.550. The second kappa shape index (κ2) is 13.3. The second-order valence-corrected chi connectivity index (χ2v) is 15.2. The lowest BCUT2D eigenvalue weighted by Crippen LogP contribution is -2.01. The summed E-state index contributed by atoms with van der Waals surface area (Å²) in [4.78, 5) is 15.7. The van der Waals surface area contributed by atoms with Crippen molar-refractivity contribution in [3.05, 3.63) is 200 Å². The number of nitrogens with zero attached hydrogens (tertiary/aromatic N) is 3. The van der Waals surface area contributed by atoms with Crippen molar-refractivity contribution in [2.45, 2.75) is 0 Å². The monoisotopic (exact) mass is 751 g/mol. The molecule has 12 aromatic rings. The first-order chi connectivity index (χ1) is 29.2. The summed E-state index contributed by atoms with van der Waals surface area (Å²) in [7, 11) is 0. The molecule has 274 valence electrons. The highest BCUT2D eigenvalue weighted by Crippen LogP contribution is 2.42. The fraction of sp³-hybridized carbons (Fsp3) is 0. The maximum atomic E-state index is 6.86. The second-order valence-electron chi connectivity index (χ2n) is 15.2. The van der Waals surface area contributed by atoms with Crippen molar-refractivity contribution in [1.29, 1.82) is 0 Å². The highest BCUT2D eigenvalue weighted by atomic mass is 16.3. The lowest BCUT2D eigenvalue weighted by molar-refractivity contribution is 0.670. The third-order valence-corrected chi connectivity index (χ3v) is 11.7. The summed E-state index contributed by atoms with van der Waals surface area (Å²) in [6, 6.07) is 70.7. The summed E-state index contributed by atoms with van der Waals surface area (Å²) < 4.78 is 6.86. The minimum Gasteiger partial charge on any atom is -0.455 e. The van der Waals surface area contributed by atoms with Gasteiger partial charge < -0.3 is 4.42 Å². The fourth-order valence-electron chi connectivity index (χ4n) is 8.62. The smallest absolute Gasteiger partial charge is 0.167 e. The number of fused-ring (bicyclic) bond motifs is 8. The Hall–Kier alpha value is -7.95. The first-order valence-corrected chi connectivity index (χ1v) is 19.9. The summed E-state index contributed by atoms with van der Waals surface area (Å²) in [6.45, 7) is 0. The van der Waals surface area contributed by atoms with Crippen LogP contribution in [0.5, 0.6) is 0 Å². The Bertz CT molecular complexity index is 3520. The number of hydrogen-bond acceptors (Lipinski definition) is 4. The van der Waals surface area contributed by atoms with Crippen molar-refractivity contribution in [2.75, 3.05) is 0 Å². The van der Waals surface area contributed by atoms with Crippen molar-refractivity contribution < 1.29 is 4.42 Å². The van der Waals surface area contributed by atoms with Crippen LogP contribution < -0.4 is 0 Å². The molecule has 2 heterocycles. The zero-order valence-electron chi connectivity index (χ0n) is 31.8. The van der Waals surface area contributed by atoms with Crippen LogP contribution in [0.25, 0.3) is 121 Å². The van der Waals surface area contributed by atoms with Crippen LogP contribution in [-0.2, 0) is 0 Å². The molecule has 2 aromatic heterocycles. The van der Waals surface area contributed by atoms with Gasteiger partial charge in [-0.05, 0) is 102 Å².